The van der Waals surface area contributed by atoms with Crippen molar-refractivity contribution in [2.75, 3.05) is 19.5 Å². The minimum atomic E-state index is -0.626. The highest BCUT2D eigenvalue weighted by molar-refractivity contribution is 6.05. The minimum absolute atomic E-state index is 0.213. The van der Waals surface area contributed by atoms with E-state index >= 15 is 0 Å². The Hall–Kier alpha value is -4.13. The number of nitrogens with one attached hydrogen (secondary N) is 1. The molecule has 0 saturated carbocycles. The number of fused-ring (bicyclic) bond motifs is 1. The maximum absolute atomic E-state index is 13.0. The number of rotatable bonds is 5. The number of hydrogen-bond acceptors (Lipinski definition) is 5. The zero-order valence-corrected chi connectivity index (χ0v) is 16.5. The van der Waals surface area contributed by atoms with Crippen molar-refractivity contribution in [3.63, 3.8) is 0 Å². The minimum Gasteiger partial charge on any atom is -0.497 e. The molecule has 30 heavy (non-hydrogen) atoms. The Kier molecular flexibility index (Phi) is 5.17. The standard InChI is InChI=1S/C23H19N3O4/c1-29-16-12-13-18(20(14-16)30-2)24-23(28)21-22(27)17-10-6-7-11-19(17)26(25-21)15-8-4-3-5-9-15/h3-14H,1-2H3,(H,24,28). The molecular weight excluding hydrogens is 382 g/mol. The van der Waals surface area contributed by atoms with Gasteiger partial charge >= 0.3 is 0 Å². The molecule has 0 spiro atoms. The van der Waals surface area contributed by atoms with E-state index in [0.717, 1.165) is 5.69 Å². The molecule has 0 fully saturated rings. The molecule has 7 nitrogen and oxygen atoms in total. The lowest BCUT2D eigenvalue weighted by molar-refractivity contribution is 0.101. The fourth-order valence-electron chi connectivity index (χ4n) is 3.18. The summed E-state index contributed by atoms with van der Waals surface area (Å²) in [5.74, 6) is 0.367. The average Bonchev–Trinajstić information content (AvgIpc) is 2.80. The van der Waals surface area contributed by atoms with Crippen LogP contribution in [0, 0.1) is 0 Å². The van der Waals surface area contributed by atoms with Gasteiger partial charge in [-0.3, -0.25) is 9.59 Å². The first-order valence-electron chi connectivity index (χ1n) is 9.23. The van der Waals surface area contributed by atoms with Gasteiger partial charge in [-0.2, -0.15) is 5.10 Å². The van der Waals surface area contributed by atoms with E-state index in [4.69, 9.17) is 9.47 Å². The van der Waals surface area contributed by atoms with Gasteiger partial charge in [0.25, 0.3) is 5.91 Å². The molecule has 7 heteroatoms. The van der Waals surface area contributed by atoms with Crippen LogP contribution in [-0.2, 0) is 0 Å². The molecule has 0 aliphatic heterocycles. The number of carbonyl (C=O) groups is 1. The van der Waals surface area contributed by atoms with Crippen molar-refractivity contribution in [3.8, 4) is 17.2 Å². The summed E-state index contributed by atoms with van der Waals surface area (Å²) in [5, 5.41) is 7.51. The van der Waals surface area contributed by atoms with Crippen molar-refractivity contribution in [1.82, 2.24) is 9.78 Å². The zero-order valence-electron chi connectivity index (χ0n) is 16.5. The molecule has 1 amide bonds. The maximum atomic E-state index is 13.0. The summed E-state index contributed by atoms with van der Waals surface area (Å²) in [6.07, 6.45) is 0. The maximum Gasteiger partial charge on any atom is 0.280 e. The predicted octanol–water partition coefficient (Wildman–Crippen LogP) is 3.66. The molecule has 150 valence electrons. The van der Waals surface area contributed by atoms with Gasteiger partial charge in [0.15, 0.2) is 5.69 Å². The monoisotopic (exact) mass is 401 g/mol. The summed E-state index contributed by atoms with van der Waals surface area (Å²) in [4.78, 5) is 26.0. The van der Waals surface area contributed by atoms with Gasteiger partial charge in [0.05, 0.1) is 36.5 Å². The second-order valence-electron chi connectivity index (χ2n) is 6.46. The lowest BCUT2D eigenvalue weighted by Crippen LogP contribution is -2.27. The van der Waals surface area contributed by atoms with E-state index in [0.29, 0.717) is 28.1 Å². The van der Waals surface area contributed by atoms with Gasteiger partial charge in [-0.15, -0.1) is 0 Å². The third-order valence-electron chi connectivity index (χ3n) is 4.66. The van der Waals surface area contributed by atoms with Crippen LogP contribution in [0.2, 0.25) is 0 Å². The van der Waals surface area contributed by atoms with Gasteiger partial charge in [0.2, 0.25) is 5.43 Å². The Morgan fingerprint density at radius 2 is 1.67 bits per heavy atom. The van der Waals surface area contributed by atoms with Gasteiger partial charge in [0.1, 0.15) is 11.5 Å². The number of ether oxygens (including phenoxy) is 2. The summed E-state index contributed by atoms with van der Waals surface area (Å²) in [6.45, 7) is 0. The number of amides is 1. The molecule has 0 aliphatic carbocycles. The lowest BCUT2D eigenvalue weighted by Gasteiger charge is -2.14. The molecule has 4 rings (SSSR count). The largest absolute Gasteiger partial charge is 0.497 e. The first-order chi connectivity index (χ1) is 14.6. The van der Waals surface area contributed by atoms with Crippen LogP contribution >= 0.6 is 0 Å². The van der Waals surface area contributed by atoms with Crippen LogP contribution in [0.25, 0.3) is 16.6 Å². The number of anilines is 1. The van der Waals surface area contributed by atoms with Crippen LogP contribution in [0.1, 0.15) is 10.5 Å². The summed E-state index contributed by atoms with van der Waals surface area (Å²) >= 11 is 0. The molecule has 0 bridgehead atoms. The highest BCUT2D eigenvalue weighted by Crippen LogP contribution is 2.29. The number of hydrogen-bond donors (Lipinski definition) is 1. The molecule has 0 atom stereocenters. The van der Waals surface area contributed by atoms with Crippen molar-refractivity contribution >= 4 is 22.5 Å². The number of carbonyl (C=O) groups excluding carboxylic acids is 1. The van der Waals surface area contributed by atoms with E-state index < -0.39 is 11.3 Å². The Balaban J connectivity index is 1.82. The Morgan fingerprint density at radius 3 is 2.40 bits per heavy atom. The number of nitrogens with zero attached hydrogens (tertiary/aromatic N) is 2. The van der Waals surface area contributed by atoms with Crippen LogP contribution in [-0.4, -0.2) is 29.9 Å². The smallest absolute Gasteiger partial charge is 0.280 e. The lowest BCUT2D eigenvalue weighted by atomic mass is 10.1. The normalized spacial score (nSPS) is 10.6. The highest BCUT2D eigenvalue weighted by Gasteiger charge is 2.19. The van der Waals surface area contributed by atoms with Crippen LogP contribution in [0.5, 0.6) is 11.5 Å². The summed E-state index contributed by atoms with van der Waals surface area (Å²) in [7, 11) is 3.03. The van der Waals surface area contributed by atoms with Gasteiger partial charge in [-0.05, 0) is 36.4 Å². The number of benzene rings is 3. The molecule has 1 N–H and O–H groups in total. The van der Waals surface area contributed by atoms with Crippen LogP contribution in [0.4, 0.5) is 5.69 Å². The highest BCUT2D eigenvalue weighted by atomic mass is 16.5. The molecule has 0 saturated heterocycles. The van der Waals surface area contributed by atoms with Gasteiger partial charge in [-0.25, -0.2) is 4.68 Å². The first kappa shape index (κ1) is 19.2. The molecule has 3 aromatic carbocycles. The van der Waals surface area contributed by atoms with Crippen molar-refractivity contribution in [3.05, 3.63) is 88.7 Å². The number of aromatic nitrogens is 2. The Labute approximate surface area is 172 Å². The molecule has 4 aromatic rings. The SMILES string of the molecule is COc1ccc(NC(=O)c2nn(-c3ccccc3)c3ccccc3c2=O)c(OC)c1. The van der Waals surface area contributed by atoms with E-state index in [1.807, 2.05) is 36.4 Å². The van der Waals surface area contributed by atoms with Crippen LogP contribution < -0.4 is 20.2 Å². The zero-order chi connectivity index (χ0) is 21.1. The van der Waals surface area contributed by atoms with E-state index in [9.17, 15) is 9.59 Å². The number of para-hydroxylation sites is 2. The molecular formula is C23H19N3O4. The summed E-state index contributed by atoms with van der Waals surface area (Å²) < 4.78 is 12.1. The van der Waals surface area contributed by atoms with Crippen molar-refractivity contribution in [2.45, 2.75) is 0 Å². The molecule has 0 unspecified atom stereocenters. The Morgan fingerprint density at radius 1 is 0.933 bits per heavy atom. The van der Waals surface area contributed by atoms with E-state index in [2.05, 4.69) is 10.4 Å². The second kappa shape index (κ2) is 8.08. The molecule has 0 radical (unpaired) electrons. The van der Waals surface area contributed by atoms with E-state index in [1.54, 1.807) is 41.1 Å². The van der Waals surface area contributed by atoms with E-state index in [-0.39, 0.29) is 5.69 Å². The second-order valence-corrected chi connectivity index (χ2v) is 6.46. The van der Waals surface area contributed by atoms with E-state index in [1.165, 1.54) is 14.2 Å². The van der Waals surface area contributed by atoms with Crippen LogP contribution in [0.3, 0.4) is 0 Å². The third kappa shape index (κ3) is 3.48. The summed E-state index contributed by atoms with van der Waals surface area (Å²) in [6, 6.07) is 21.4. The Bertz CT molecular complexity index is 1280. The fourth-order valence-corrected chi connectivity index (χ4v) is 3.18. The summed E-state index contributed by atoms with van der Waals surface area (Å²) in [5.41, 5.74) is 1.11. The topological polar surface area (TPSA) is 82.5 Å². The number of methoxy groups -OCH3 is 2. The van der Waals surface area contributed by atoms with Crippen LogP contribution in [0.15, 0.2) is 77.6 Å². The fraction of sp³-hybridized carbons (Fsp3) is 0.0870. The van der Waals surface area contributed by atoms with Crippen molar-refractivity contribution < 1.29 is 14.3 Å². The average molecular weight is 401 g/mol. The third-order valence-corrected chi connectivity index (χ3v) is 4.66. The van der Waals surface area contributed by atoms with Gasteiger partial charge < -0.3 is 14.8 Å². The van der Waals surface area contributed by atoms with Crippen molar-refractivity contribution in [1.29, 1.82) is 0 Å². The molecule has 1 aromatic heterocycles. The quantitative estimate of drug-likeness (QED) is 0.552. The predicted molar refractivity (Wildman–Crippen MR) is 115 cm³/mol. The first-order valence-corrected chi connectivity index (χ1v) is 9.23. The molecule has 0 aliphatic rings. The van der Waals surface area contributed by atoms with Crippen molar-refractivity contribution in [2.24, 2.45) is 0 Å². The molecule has 1 heterocycles. The van der Waals surface area contributed by atoms with Gasteiger partial charge in [0, 0.05) is 6.07 Å². The van der Waals surface area contributed by atoms with Gasteiger partial charge in [-0.1, -0.05) is 30.3 Å².